The molecule has 0 bridgehead atoms. The number of likely N-dealkylation sites (tertiary alicyclic amines) is 1. The van der Waals surface area contributed by atoms with Crippen molar-refractivity contribution in [1.82, 2.24) is 25.1 Å². The number of rotatable bonds is 3. The first kappa shape index (κ1) is 11.5. The zero-order valence-corrected chi connectivity index (χ0v) is 9.19. The number of hydrogen-bond acceptors (Lipinski definition) is 5. The van der Waals surface area contributed by atoms with Gasteiger partial charge in [-0.1, -0.05) is 0 Å². The van der Waals surface area contributed by atoms with E-state index in [1.165, 1.54) is 11.0 Å². The molecule has 0 radical (unpaired) electrons. The van der Waals surface area contributed by atoms with Crippen molar-refractivity contribution in [1.29, 1.82) is 0 Å². The van der Waals surface area contributed by atoms with Gasteiger partial charge in [0.05, 0.1) is 5.92 Å². The van der Waals surface area contributed by atoms with E-state index in [-0.39, 0.29) is 19.0 Å². The lowest BCUT2D eigenvalue weighted by Gasteiger charge is -2.30. The molecule has 1 saturated heterocycles. The highest BCUT2D eigenvalue weighted by Gasteiger charge is 2.28. The first-order valence-electron chi connectivity index (χ1n) is 5.38. The molecule has 8 nitrogen and oxygen atoms in total. The van der Waals surface area contributed by atoms with Crippen molar-refractivity contribution in [3.05, 3.63) is 6.33 Å². The Bertz CT molecular complexity index is 405. The third-order valence-corrected chi connectivity index (χ3v) is 2.81. The Kier molecular flexibility index (Phi) is 3.31. The largest absolute Gasteiger partial charge is 0.481 e. The molecule has 1 atom stereocenters. The SMILES string of the molecule is O=C(O)C1CCCN(C(=O)Cn2cnnn2)C1. The Balaban J connectivity index is 1.93. The van der Waals surface area contributed by atoms with Gasteiger partial charge in [-0.15, -0.1) is 5.10 Å². The van der Waals surface area contributed by atoms with Crippen molar-refractivity contribution in [2.45, 2.75) is 19.4 Å². The molecule has 1 aliphatic heterocycles. The maximum Gasteiger partial charge on any atom is 0.308 e. The summed E-state index contributed by atoms with van der Waals surface area (Å²) in [5.41, 5.74) is 0. The van der Waals surface area contributed by atoms with Gasteiger partial charge in [-0.05, 0) is 23.3 Å². The number of aromatic nitrogens is 4. The van der Waals surface area contributed by atoms with Gasteiger partial charge in [0.2, 0.25) is 5.91 Å². The lowest BCUT2D eigenvalue weighted by atomic mass is 9.98. The Labute approximate surface area is 97.2 Å². The summed E-state index contributed by atoms with van der Waals surface area (Å²) in [4.78, 5) is 24.3. The quantitative estimate of drug-likeness (QED) is 0.725. The fraction of sp³-hybridized carbons (Fsp3) is 0.667. The van der Waals surface area contributed by atoms with E-state index >= 15 is 0 Å². The lowest BCUT2D eigenvalue weighted by molar-refractivity contribution is -0.145. The Morgan fingerprint density at radius 2 is 2.29 bits per heavy atom. The van der Waals surface area contributed by atoms with Crippen LogP contribution in [0.2, 0.25) is 0 Å². The van der Waals surface area contributed by atoms with Gasteiger partial charge in [0.25, 0.3) is 0 Å². The van der Waals surface area contributed by atoms with Crippen molar-refractivity contribution < 1.29 is 14.7 Å². The average Bonchev–Trinajstić information content (AvgIpc) is 2.82. The van der Waals surface area contributed by atoms with Crippen LogP contribution in [0.1, 0.15) is 12.8 Å². The third-order valence-electron chi connectivity index (χ3n) is 2.81. The third kappa shape index (κ3) is 2.77. The second-order valence-electron chi connectivity index (χ2n) is 4.02. The molecule has 0 spiro atoms. The highest BCUT2D eigenvalue weighted by Crippen LogP contribution is 2.16. The fourth-order valence-corrected chi connectivity index (χ4v) is 1.90. The van der Waals surface area contributed by atoms with Gasteiger partial charge in [-0.25, -0.2) is 4.68 Å². The number of carbonyl (C=O) groups is 2. The topological polar surface area (TPSA) is 101 Å². The predicted molar refractivity (Wildman–Crippen MR) is 54.8 cm³/mol. The van der Waals surface area contributed by atoms with E-state index in [4.69, 9.17) is 5.11 Å². The highest BCUT2D eigenvalue weighted by molar-refractivity contribution is 5.77. The van der Waals surface area contributed by atoms with Crippen molar-refractivity contribution in [3.8, 4) is 0 Å². The van der Waals surface area contributed by atoms with Crippen LogP contribution in [-0.2, 0) is 16.1 Å². The van der Waals surface area contributed by atoms with Gasteiger partial charge in [0, 0.05) is 13.1 Å². The zero-order valence-electron chi connectivity index (χ0n) is 9.19. The minimum Gasteiger partial charge on any atom is -0.481 e. The molecule has 1 fully saturated rings. The summed E-state index contributed by atoms with van der Waals surface area (Å²) in [6.45, 7) is 0.931. The molecular weight excluding hydrogens is 226 g/mol. The van der Waals surface area contributed by atoms with Gasteiger partial charge in [-0.3, -0.25) is 9.59 Å². The average molecular weight is 239 g/mol. The van der Waals surface area contributed by atoms with Crippen LogP contribution in [0.4, 0.5) is 0 Å². The molecule has 1 aromatic rings. The molecular formula is C9H13N5O3. The van der Waals surface area contributed by atoms with Gasteiger partial charge in [-0.2, -0.15) is 0 Å². The number of carbonyl (C=O) groups excluding carboxylic acids is 1. The molecule has 2 heterocycles. The molecule has 1 amide bonds. The van der Waals surface area contributed by atoms with E-state index < -0.39 is 11.9 Å². The Hall–Kier alpha value is -1.99. The summed E-state index contributed by atoms with van der Waals surface area (Å²) in [7, 11) is 0. The van der Waals surface area contributed by atoms with Crippen molar-refractivity contribution in [2.24, 2.45) is 5.92 Å². The molecule has 0 aliphatic carbocycles. The van der Waals surface area contributed by atoms with E-state index in [0.717, 1.165) is 6.42 Å². The molecule has 1 unspecified atom stereocenters. The molecule has 8 heteroatoms. The fourth-order valence-electron chi connectivity index (χ4n) is 1.90. The van der Waals surface area contributed by atoms with Crippen LogP contribution in [0, 0.1) is 5.92 Å². The molecule has 92 valence electrons. The molecule has 2 rings (SSSR count). The van der Waals surface area contributed by atoms with E-state index in [1.807, 2.05) is 0 Å². The number of amides is 1. The van der Waals surface area contributed by atoms with Crippen LogP contribution < -0.4 is 0 Å². The van der Waals surface area contributed by atoms with E-state index in [2.05, 4.69) is 15.5 Å². The number of nitrogens with zero attached hydrogens (tertiary/aromatic N) is 5. The maximum absolute atomic E-state index is 11.9. The van der Waals surface area contributed by atoms with Crippen LogP contribution >= 0.6 is 0 Å². The smallest absolute Gasteiger partial charge is 0.308 e. The van der Waals surface area contributed by atoms with Gasteiger partial charge < -0.3 is 10.0 Å². The van der Waals surface area contributed by atoms with Gasteiger partial charge in [0.1, 0.15) is 12.9 Å². The Morgan fingerprint density at radius 3 is 2.94 bits per heavy atom. The van der Waals surface area contributed by atoms with Crippen molar-refractivity contribution >= 4 is 11.9 Å². The van der Waals surface area contributed by atoms with Crippen LogP contribution in [0.15, 0.2) is 6.33 Å². The molecule has 1 aliphatic rings. The number of aliphatic carboxylic acids is 1. The first-order valence-corrected chi connectivity index (χ1v) is 5.38. The molecule has 0 aromatic carbocycles. The van der Waals surface area contributed by atoms with Crippen LogP contribution in [0.5, 0.6) is 0 Å². The highest BCUT2D eigenvalue weighted by atomic mass is 16.4. The van der Waals surface area contributed by atoms with E-state index in [0.29, 0.717) is 13.0 Å². The summed E-state index contributed by atoms with van der Waals surface area (Å²) in [6, 6.07) is 0. The minimum atomic E-state index is -0.843. The molecule has 1 N–H and O–H groups in total. The second-order valence-corrected chi connectivity index (χ2v) is 4.02. The molecule has 0 saturated carbocycles. The second kappa shape index (κ2) is 4.89. The number of piperidine rings is 1. The minimum absolute atomic E-state index is 0.0549. The number of hydrogen-bond donors (Lipinski definition) is 1. The normalized spacial score (nSPS) is 20.2. The summed E-state index contributed by atoms with van der Waals surface area (Å²) in [5.74, 6) is -1.45. The van der Waals surface area contributed by atoms with Crippen LogP contribution in [0.3, 0.4) is 0 Å². The number of carboxylic acid groups (broad SMARTS) is 1. The maximum atomic E-state index is 11.9. The van der Waals surface area contributed by atoms with E-state index in [9.17, 15) is 9.59 Å². The van der Waals surface area contributed by atoms with E-state index in [1.54, 1.807) is 4.90 Å². The van der Waals surface area contributed by atoms with Crippen molar-refractivity contribution in [2.75, 3.05) is 13.1 Å². The monoisotopic (exact) mass is 239 g/mol. The van der Waals surface area contributed by atoms with Crippen molar-refractivity contribution in [3.63, 3.8) is 0 Å². The zero-order chi connectivity index (χ0) is 12.3. The number of tetrazole rings is 1. The summed E-state index contributed by atoms with van der Waals surface area (Å²) >= 11 is 0. The van der Waals surface area contributed by atoms with Crippen LogP contribution in [0.25, 0.3) is 0 Å². The number of carboxylic acids is 1. The predicted octanol–water partition coefficient (Wildman–Crippen LogP) is -1.00. The standard InChI is InChI=1S/C9H13N5O3/c15-8(5-14-6-10-11-12-14)13-3-1-2-7(4-13)9(16)17/h6-7H,1-5H2,(H,16,17). The summed E-state index contributed by atoms with van der Waals surface area (Å²) < 4.78 is 1.33. The summed E-state index contributed by atoms with van der Waals surface area (Å²) in [5, 5.41) is 19.4. The molecule has 1 aromatic heterocycles. The van der Waals surface area contributed by atoms with Crippen LogP contribution in [-0.4, -0.2) is 55.2 Å². The lowest BCUT2D eigenvalue weighted by Crippen LogP contribution is -2.43. The Morgan fingerprint density at radius 1 is 1.47 bits per heavy atom. The summed E-state index contributed by atoms with van der Waals surface area (Å²) in [6.07, 6.45) is 2.71. The van der Waals surface area contributed by atoms with Gasteiger partial charge >= 0.3 is 5.97 Å². The molecule has 17 heavy (non-hydrogen) atoms. The van der Waals surface area contributed by atoms with Gasteiger partial charge in [0.15, 0.2) is 0 Å². The first-order chi connectivity index (χ1) is 8.16.